The molecule has 0 aliphatic carbocycles. The summed E-state index contributed by atoms with van der Waals surface area (Å²) >= 11 is 1.71. The Hall–Kier alpha value is -6.63. The fraction of sp³-hybridized carbons (Fsp3) is 0. The smallest absolute Gasteiger partial charge is 0.238 e. The Bertz CT molecular complexity index is 3760. The number of furan rings is 1. The van der Waals surface area contributed by atoms with Gasteiger partial charge in [0.15, 0.2) is 11.6 Å². The predicted octanol–water partition coefficient (Wildman–Crippen LogP) is 12.2. The van der Waals surface area contributed by atoms with Crippen LogP contribution in [0.15, 0.2) is 162 Å². The molecular formula is C45H26N4OS. The van der Waals surface area contributed by atoms with Crippen molar-refractivity contribution in [3.63, 3.8) is 0 Å². The zero-order chi connectivity index (χ0) is 43.0. The number of hydrogen-bond donors (Lipinski definition) is 0. The molecule has 11 rings (SSSR count). The van der Waals surface area contributed by atoms with E-state index in [9.17, 15) is 4.11 Å². The van der Waals surface area contributed by atoms with Crippen LogP contribution < -0.4 is 0 Å². The Morgan fingerprint density at radius 3 is 2.18 bits per heavy atom. The topological polar surface area (TPSA) is 56.7 Å². The van der Waals surface area contributed by atoms with Gasteiger partial charge in [-0.1, -0.05) is 115 Å². The molecule has 0 amide bonds. The minimum absolute atomic E-state index is 0.119. The van der Waals surface area contributed by atoms with Gasteiger partial charge in [0, 0.05) is 52.8 Å². The van der Waals surface area contributed by atoms with E-state index in [1.165, 1.54) is 0 Å². The maximum absolute atomic E-state index is 9.60. The maximum atomic E-state index is 9.60. The molecule has 11 aromatic rings. The van der Waals surface area contributed by atoms with E-state index in [1.807, 2.05) is 71.3 Å². The van der Waals surface area contributed by atoms with Gasteiger partial charge < -0.3 is 4.42 Å². The lowest BCUT2D eigenvalue weighted by Crippen LogP contribution is -2.06. The Morgan fingerprint density at radius 1 is 0.510 bits per heavy atom. The first-order chi connectivity index (χ1) is 29.9. The van der Waals surface area contributed by atoms with Crippen LogP contribution in [0.4, 0.5) is 0 Å². The van der Waals surface area contributed by atoms with Gasteiger partial charge in [0.05, 0.1) is 26.1 Å². The SMILES string of the molecule is [2H]c1c([2H])c([2H])c(-c2c([2H])c([2H])c([2H])c3oc4c([2H])c(-c5nc(-c6ccccc6)nc(-n6c7ccccc7c7c8c(ccc76)sc6ccccc68)n5)c([2H])c([2H])c4c23)c([2H])c1[2H]. The molecule has 6 heteroatoms. The van der Waals surface area contributed by atoms with Gasteiger partial charge >= 0.3 is 0 Å². The molecule has 0 N–H and O–H groups in total. The first-order valence-electron chi connectivity index (χ1n) is 21.6. The van der Waals surface area contributed by atoms with Crippen molar-refractivity contribution in [2.45, 2.75) is 0 Å². The molecule has 0 saturated heterocycles. The Balaban J connectivity index is 1.24. The van der Waals surface area contributed by atoms with E-state index in [1.54, 1.807) is 11.3 Å². The zero-order valence-electron chi connectivity index (χ0n) is 37.3. The quantitative estimate of drug-likeness (QED) is 0.185. The first kappa shape index (κ1) is 19.5. The van der Waals surface area contributed by atoms with Gasteiger partial charge in [-0.05, 0) is 53.5 Å². The van der Waals surface area contributed by atoms with E-state index in [-0.39, 0.29) is 50.7 Å². The molecule has 0 bridgehead atoms. The van der Waals surface area contributed by atoms with Gasteiger partial charge in [-0.15, -0.1) is 11.3 Å². The van der Waals surface area contributed by atoms with Crippen molar-refractivity contribution in [1.82, 2.24) is 19.5 Å². The van der Waals surface area contributed by atoms with Gasteiger partial charge in [0.1, 0.15) is 11.2 Å². The lowest BCUT2D eigenvalue weighted by atomic mass is 9.99. The van der Waals surface area contributed by atoms with Crippen molar-refractivity contribution in [1.29, 1.82) is 0 Å². The summed E-state index contributed by atoms with van der Waals surface area (Å²) in [5.41, 5.74) is 0.615. The van der Waals surface area contributed by atoms with Crippen molar-refractivity contribution in [2.24, 2.45) is 0 Å². The van der Waals surface area contributed by atoms with Gasteiger partial charge in [-0.2, -0.15) is 9.97 Å². The molecule has 4 heterocycles. The number of thiophene rings is 1. The molecule has 238 valence electrons. The lowest BCUT2D eigenvalue weighted by molar-refractivity contribution is 0.669. The van der Waals surface area contributed by atoms with Gasteiger partial charge in [-0.3, -0.25) is 4.57 Å². The van der Waals surface area contributed by atoms with E-state index in [0.29, 0.717) is 5.56 Å². The van der Waals surface area contributed by atoms with Crippen LogP contribution in [0.5, 0.6) is 0 Å². The Morgan fingerprint density at radius 2 is 1.29 bits per heavy atom. The molecule has 4 aromatic heterocycles. The van der Waals surface area contributed by atoms with Gasteiger partial charge in [0.25, 0.3) is 0 Å². The number of aromatic nitrogens is 4. The van der Waals surface area contributed by atoms with Crippen LogP contribution in [0.1, 0.15) is 15.1 Å². The molecule has 0 aliphatic rings. The maximum Gasteiger partial charge on any atom is 0.238 e. The number of benzene rings is 7. The molecule has 7 aromatic carbocycles. The summed E-state index contributed by atoms with van der Waals surface area (Å²) in [6, 6.07) is 22.8. The monoisotopic (exact) mass is 681 g/mol. The van der Waals surface area contributed by atoms with E-state index in [0.717, 1.165) is 42.0 Å². The number of para-hydroxylation sites is 1. The largest absolute Gasteiger partial charge is 0.456 e. The standard InChI is InChI=1S/C45H26N4OS/c1-3-12-27(13-4-1)30-18-11-20-36-40(30)32-23-22-29(26-37(32)50-36)44-46-43(28-14-5-2-6-15-28)47-45(48-44)49-34-19-9-7-16-31(34)41-35(49)24-25-39-42(41)33-17-8-10-21-38(33)51-39/h1-26H/i1D,3D,4D,11D,12D,13D,18D,20D,22D,23D,26D. The van der Waals surface area contributed by atoms with Gasteiger partial charge in [-0.25, -0.2) is 4.98 Å². The summed E-state index contributed by atoms with van der Waals surface area (Å²) < 4.78 is 107. The van der Waals surface area contributed by atoms with Crippen LogP contribution in [0.25, 0.3) is 104 Å². The third-order valence-electron chi connectivity index (χ3n) is 9.08. The molecule has 0 spiro atoms. The van der Waals surface area contributed by atoms with E-state index < -0.39 is 72.0 Å². The molecule has 0 unspecified atom stereocenters. The second-order valence-electron chi connectivity index (χ2n) is 11.9. The van der Waals surface area contributed by atoms with Crippen molar-refractivity contribution in [3.8, 4) is 39.9 Å². The second-order valence-corrected chi connectivity index (χ2v) is 13.0. The van der Waals surface area contributed by atoms with Crippen molar-refractivity contribution < 1.29 is 19.5 Å². The van der Waals surface area contributed by atoms with Crippen LogP contribution in [0.2, 0.25) is 0 Å². The highest BCUT2D eigenvalue weighted by molar-refractivity contribution is 7.26. The van der Waals surface area contributed by atoms with Crippen LogP contribution in [-0.4, -0.2) is 19.5 Å². The summed E-state index contributed by atoms with van der Waals surface area (Å²) in [5, 5.41) is 3.78. The molecule has 0 aliphatic heterocycles. The van der Waals surface area contributed by atoms with Crippen LogP contribution in [-0.2, 0) is 0 Å². The highest BCUT2D eigenvalue weighted by Crippen LogP contribution is 2.43. The van der Waals surface area contributed by atoms with Crippen molar-refractivity contribution >= 4 is 75.3 Å². The highest BCUT2D eigenvalue weighted by Gasteiger charge is 2.21. The third-order valence-corrected chi connectivity index (χ3v) is 10.2. The summed E-state index contributed by atoms with van der Waals surface area (Å²) in [7, 11) is 0. The van der Waals surface area contributed by atoms with E-state index >= 15 is 0 Å². The van der Waals surface area contributed by atoms with Gasteiger partial charge in [0.2, 0.25) is 5.95 Å². The molecule has 0 atom stereocenters. The molecule has 5 nitrogen and oxygen atoms in total. The van der Waals surface area contributed by atoms with Crippen molar-refractivity contribution in [2.75, 3.05) is 0 Å². The summed E-state index contributed by atoms with van der Waals surface area (Å²) in [6.45, 7) is 0. The highest BCUT2D eigenvalue weighted by atomic mass is 32.1. The first-order valence-corrected chi connectivity index (χ1v) is 16.9. The molecule has 0 radical (unpaired) electrons. The number of hydrogen-bond acceptors (Lipinski definition) is 5. The summed E-state index contributed by atoms with van der Waals surface area (Å²) in [6.07, 6.45) is 0. The normalized spacial score (nSPS) is 14.9. The van der Waals surface area contributed by atoms with E-state index in [4.69, 9.17) is 30.3 Å². The van der Waals surface area contributed by atoms with Crippen molar-refractivity contribution in [3.05, 3.63) is 157 Å². The average molecular weight is 682 g/mol. The summed E-state index contributed by atoms with van der Waals surface area (Å²) in [5.74, 6) is 0.291. The van der Waals surface area contributed by atoms with Crippen LogP contribution >= 0.6 is 11.3 Å². The van der Waals surface area contributed by atoms with Crippen LogP contribution in [0.3, 0.4) is 0 Å². The fourth-order valence-electron chi connectivity index (χ4n) is 6.90. The number of nitrogens with zero attached hydrogens (tertiary/aromatic N) is 4. The molecule has 0 fully saturated rings. The fourth-order valence-corrected chi connectivity index (χ4v) is 8.02. The van der Waals surface area contributed by atoms with Crippen LogP contribution in [0, 0.1) is 0 Å². The molecule has 51 heavy (non-hydrogen) atoms. The Labute approximate surface area is 311 Å². The minimum Gasteiger partial charge on any atom is -0.456 e. The predicted molar refractivity (Wildman–Crippen MR) is 211 cm³/mol. The average Bonchev–Trinajstić information content (AvgIpc) is 3.98. The minimum atomic E-state index is -0.685. The Kier molecular flexibility index (Phi) is 4.19. The molecular weight excluding hydrogens is 645 g/mol. The third kappa shape index (κ3) is 4.30. The lowest BCUT2D eigenvalue weighted by Gasteiger charge is -2.11. The molecule has 0 saturated carbocycles. The second kappa shape index (κ2) is 10.9. The summed E-state index contributed by atoms with van der Waals surface area (Å²) in [4.78, 5) is 14.8. The van der Waals surface area contributed by atoms with E-state index in [2.05, 4.69) is 24.3 Å². The number of fused-ring (bicyclic) bond motifs is 10. The zero-order valence-corrected chi connectivity index (χ0v) is 27.1. The number of rotatable bonds is 4.